The molecule has 1 fully saturated rings. The van der Waals surface area contributed by atoms with E-state index in [9.17, 15) is 4.21 Å². The van der Waals surface area contributed by atoms with Crippen LogP contribution in [0.15, 0.2) is 35.7 Å². The summed E-state index contributed by atoms with van der Waals surface area (Å²) in [4.78, 5) is 8.91. The summed E-state index contributed by atoms with van der Waals surface area (Å²) >= 11 is 1.60. The van der Waals surface area contributed by atoms with Gasteiger partial charge >= 0.3 is 0 Å². The maximum Gasteiger partial charge on any atom is 0.187 e. The summed E-state index contributed by atoms with van der Waals surface area (Å²) in [6, 6.07) is 7.90. The highest BCUT2D eigenvalue weighted by Gasteiger charge is 2.20. The predicted molar refractivity (Wildman–Crippen MR) is 113 cm³/mol. The van der Waals surface area contributed by atoms with Crippen LogP contribution in [0.5, 0.6) is 0 Å². The monoisotopic (exact) mass is 389 g/mol. The van der Waals surface area contributed by atoms with Crippen LogP contribution < -0.4 is 5.32 Å². The Kier molecular flexibility index (Phi) is 6.27. The lowest BCUT2D eigenvalue weighted by Gasteiger charge is -2.29. The number of aryl methyl sites for hydroxylation is 1. The van der Waals surface area contributed by atoms with Crippen molar-refractivity contribution in [1.82, 2.24) is 9.88 Å². The van der Waals surface area contributed by atoms with E-state index >= 15 is 0 Å². The van der Waals surface area contributed by atoms with Crippen LogP contribution in [-0.2, 0) is 10.8 Å². The van der Waals surface area contributed by atoms with Gasteiger partial charge in [0.1, 0.15) is 0 Å². The second kappa shape index (κ2) is 8.46. The van der Waals surface area contributed by atoms with Crippen molar-refractivity contribution in [2.75, 3.05) is 31.2 Å². The van der Waals surface area contributed by atoms with E-state index < -0.39 is 10.8 Å². The normalized spacial score (nSPS) is 19.3. The van der Waals surface area contributed by atoms with E-state index in [2.05, 4.69) is 28.8 Å². The molecule has 1 aromatic carbocycles. The number of nitrogens with one attached hydrogen (secondary N) is 1. The van der Waals surface area contributed by atoms with Crippen LogP contribution in [0.1, 0.15) is 30.3 Å². The van der Waals surface area contributed by atoms with Crippen LogP contribution >= 0.6 is 11.3 Å². The molecule has 4 nitrogen and oxygen atoms in total. The minimum atomic E-state index is -0.968. The van der Waals surface area contributed by atoms with Crippen molar-refractivity contribution in [3.8, 4) is 0 Å². The number of nitrogens with zero attached hydrogens (tertiary/aromatic N) is 2. The first-order valence-corrected chi connectivity index (χ1v) is 11.1. The molecule has 0 spiro atoms. The Bertz CT molecular complexity index is 815. The number of benzene rings is 1. The number of hydrogen-bond donors (Lipinski definition) is 1. The van der Waals surface area contributed by atoms with E-state index in [4.69, 9.17) is 0 Å². The molecule has 2 heterocycles. The van der Waals surface area contributed by atoms with Crippen LogP contribution in [0.4, 0.5) is 10.8 Å². The van der Waals surface area contributed by atoms with Crippen molar-refractivity contribution in [2.24, 2.45) is 5.92 Å². The molecule has 1 aromatic heterocycles. The fourth-order valence-corrected chi connectivity index (χ4v) is 5.70. The molecule has 0 bridgehead atoms. The average molecular weight is 390 g/mol. The summed E-state index contributed by atoms with van der Waals surface area (Å²) in [6.07, 6.45) is 2.38. The summed E-state index contributed by atoms with van der Waals surface area (Å²) in [5, 5.41) is 4.19. The number of likely N-dealkylation sites (tertiary alicyclic amines) is 1. The summed E-state index contributed by atoms with van der Waals surface area (Å²) in [5.74, 6) is 1.26. The van der Waals surface area contributed by atoms with Gasteiger partial charge in [0.05, 0.1) is 21.4 Å². The van der Waals surface area contributed by atoms with E-state index in [1.54, 1.807) is 11.3 Å². The molecule has 2 atom stereocenters. The third-order valence-corrected chi connectivity index (χ3v) is 7.43. The Hall–Kier alpha value is -1.50. The number of thiazole rings is 1. The van der Waals surface area contributed by atoms with Gasteiger partial charge < -0.3 is 10.2 Å². The summed E-state index contributed by atoms with van der Waals surface area (Å²) in [7, 11) is 1.18. The van der Waals surface area contributed by atoms with Crippen LogP contribution in [0.3, 0.4) is 0 Å². The molecule has 1 aliphatic heterocycles. The predicted octanol–water partition coefficient (Wildman–Crippen LogP) is 4.68. The summed E-state index contributed by atoms with van der Waals surface area (Å²) in [5.41, 5.74) is 2.95. The molecular weight excluding hydrogens is 362 g/mol. The second-order valence-corrected chi connectivity index (χ2v) is 9.64. The number of aromatic nitrogens is 1. The van der Waals surface area contributed by atoms with E-state index in [-0.39, 0.29) is 0 Å². The Morgan fingerprint density at radius 3 is 3.00 bits per heavy atom. The molecule has 2 aromatic rings. The topological polar surface area (TPSA) is 45.2 Å². The third-order valence-electron chi connectivity index (χ3n) is 4.64. The van der Waals surface area contributed by atoms with Crippen LogP contribution in [0.2, 0.25) is 0 Å². The van der Waals surface area contributed by atoms with Gasteiger partial charge in [-0.2, -0.15) is 0 Å². The Balaban J connectivity index is 1.68. The van der Waals surface area contributed by atoms with Gasteiger partial charge in [0.15, 0.2) is 5.13 Å². The number of anilines is 2. The molecule has 3 rings (SSSR count). The van der Waals surface area contributed by atoms with Gasteiger partial charge in [-0.15, -0.1) is 0 Å². The maximum absolute atomic E-state index is 12.8. The van der Waals surface area contributed by atoms with E-state index in [0.29, 0.717) is 5.92 Å². The molecule has 1 N–H and O–H groups in total. The van der Waals surface area contributed by atoms with Crippen LogP contribution in [-0.4, -0.2) is 40.0 Å². The first-order chi connectivity index (χ1) is 12.4. The van der Waals surface area contributed by atoms with E-state index in [1.807, 2.05) is 38.1 Å². The van der Waals surface area contributed by atoms with Crippen molar-refractivity contribution in [3.63, 3.8) is 0 Å². The van der Waals surface area contributed by atoms with Crippen molar-refractivity contribution < 1.29 is 4.21 Å². The zero-order valence-electron chi connectivity index (χ0n) is 15.7. The molecule has 6 heteroatoms. The Morgan fingerprint density at radius 2 is 2.31 bits per heavy atom. The molecule has 1 saturated heterocycles. The number of rotatable bonds is 6. The highest BCUT2D eigenvalue weighted by Crippen LogP contribution is 2.30. The standard InChI is InChI=1S/C20H27N3OS2/c1-14(2)19-15(3)21-20(25-19)22-17-8-5-9-18(11-17)26(24)13-16-7-6-10-23(4)12-16/h5,8-9,11,16H,1,6-7,10,12-13H2,2-4H3,(H,21,22). The lowest BCUT2D eigenvalue weighted by molar-refractivity contribution is 0.223. The highest BCUT2D eigenvalue weighted by atomic mass is 32.2. The first kappa shape index (κ1) is 19.3. The van der Waals surface area contributed by atoms with Gasteiger partial charge in [0.2, 0.25) is 0 Å². The van der Waals surface area contributed by atoms with Crippen molar-refractivity contribution in [2.45, 2.75) is 31.6 Å². The zero-order chi connectivity index (χ0) is 18.7. The molecule has 0 aliphatic carbocycles. The number of allylic oxidation sites excluding steroid dienone is 1. The second-order valence-electron chi connectivity index (χ2n) is 7.15. The number of hydrogen-bond acceptors (Lipinski definition) is 5. The maximum atomic E-state index is 12.8. The molecule has 0 amide bonds. The third kappa shape index (κ3) is 4.81. The summed E-state index contributed by atoms with van der Waals surface area (Å²) < 4.78 is 12.8. The van der Waals surface area contributed by atoms with Crippen molar-refractivity contribution in [3.05, 3.63) is 41.4 Å². The molecule has 2 unspecified atom stereocenters. The van der Waals surface area contributed by atoms with Gasteiger partial charge in [0, 0.05) is 22.9 Å². The van der Waals surface area contributed by atoms with E-state index in [0.717, 1.165) is 50.7 Å². The first-order valence-electron chi connectivity index (χ1n) is 8.99. The van der Waals surface area contributed by atoms with Gasteiger partial charge in [-0.1, -0.05) is 24.0 Å². The molecular formula is C20H27N3OS2. The van der Waals surface area contributed by atoms with Gasteiger partial charge in [0.25, 0.3) is 0 Å². The quantitative estimate of drug-likeness (QED) is 0.779. The molecule has 0 saturated carbocycles. The fraction of sp³-hybridized carbons (Fsp3) is 0.450. The largest absolute Gasteiger partial charge is 0.331 e. The lowest BCUT2D eigenvalue weighted by atomic mass is 10.0. The van der Waals surface area contributed by atoms with Crippen LogP contribution in [0, 0.1) is 12.8 Å². The van der Waals surface area contributed by atoms with E-state index in [1.165, 1.54) is 12.8 Å². The average Bonchev–Trinajstić information content (AvgIpc) is 2.95. The highest BCUT2D eigenvalue weighted by molar-refractivity contribution is 7.85. The Labute approximate surface area is 162 Å². The van der Waals surface area contributed by atoms with Gasteiger partial charge in [-0.25, -0.2) is 4.98 Å². The molecule has 0 radical (unpaired) electrons. The molecule has 1 aliphatic rings. The Morgan fingerprint density at radius 1 is 1.50 bits per heavy atom. The van der Waals surface area contributed by atoms with Gasteiger partial charge in [-0.3, -0.25) is 4.21 Å². The lowest BCUT2D eigenvalue weighted by Crippen LogP contribution is -2.34. The minimum absolute atomic E-state index is 0.519. The minimum Gasteiger partial charge on any atom is -0.331 e. The van der Waals surface area contributed by atoms with Crippen molar-refractivity contribution >= 4 is 38.5 Å². The van der Waals surface area contributed by atoms with Gasteiger partial charge in [-0.05, 0) is 70.0 Å². The van der Waals surface area contributed by atoms with Crippen molar-refractivity contribution in [1.29, 1.82) is 0 Å². The van der Waals surface area contributed by atoms with Crippen LogP contribution in [0.25, 0.3) is 5.57 Å². The number of piperidine rings is 1. The SMILES string of the molecule is C=C(C)c1sc(Nc2cccc(S(=O)CC3CCCN(C)C3)c2)nc1C. The molecule has 140 valence electrons. The summed E-state index contributed by atoms with van der Waals surface area (Å²) in [6.45, 7) is 10.2. The smallest absolute Gasteiger partial charge is 0.187 e. The molecule has 26 heavy (non-hydrogen) atoms. The zero-order valence-corrected chi connectivity index (χ0v) is 17.4. The fourth-order valence-electron chi connectivity index (χ4n) is 3.40.